The zero-order valence-electron chi connectivity index (χ0n) is 65.2. The minimum absolute atomic E-state index is 0.227. The molecule has 20 nitrogen and oxygen atoms in total. The third kappa shape index (κ3) is 18.5. The number of ether oxygens (including phenoxy) is 8. The van der Waals surface area contributed by atoms with Crippen LogP contribution in [0.2, 0.25) is 0 Å². The predicted octanol–water partition coefficient (Wildman–Crippen LogP) is 23.5. The van der Waals surface area contributed by atoms with E-state index in [2.05, 4.69) is 65.4 Å². The Morgan fingerprint density at radius 3 is 0.857 bits per heavy atom. The van der Waals surface area contributed by atoms with Gasteiger partial charge in [0.1, 0.15) is 68.6 Å². The molecular formula is C92H98N8O12. The van der Waals surface area contributed by atoms with Crippen LogP contribution in [-0.2, 0) is 18.9 Å². The molecule has 11 aromatic rings. The molecule has 2 N–H and O–H groups in total. The molecule has 2 aliphatic rings. The smallest absolute Gasteiger partial charge is 0.338 e. The Kier molecular flexibility index (Phi) is 26.1. The molecule has 578 valence electrons. The van der Waals surface area contributed by atoms with Crippen LogP contribution in [-0.4, -0.2) is 90.2 Å². The number of carbonyl (C=O) groups excluding carboxylic acids is 4. The van der Waals surface area contributed by atoms with E-state index in [0.29, 0.717) is 161 Å². The van der Waals surface area contributed by atoms with Gasteiger partial charge in [-0.25, -0.2) is 49.1 Å². The van der Waals surface area contributed by atoms with Gasteiger partial charge >= 0.3 is 23.9 Å². The second-order valence-corrected chi connectivity index (χ2v) is 28.9. The van der Waals surface area contributed by atoms with E-state index in [-0.39, 0.29) is 47.0 Å². The summed E-state index contributed by atoms with van der Waals surface area (Å²) in [6.45, 7) is 18.5. The molecule has 0 aliphatic carbocycles. The molecule has 20 heteroatoms. The molecule has 0 amide bonds. The summed E-state index contributed by atoms with van der Waals surface area (Å²) in [4.78, 5) is 93.4. The van der Waals surface area contributed by atoms with Crippen molar-refractivity contribution >= 4 is 68.0 Å². The van der Waals surface area contributed by atoms with Crippen molar-refractivity contribution in [2.24, 2.45) is 23.7 Å². The Hall–Kier alpha value is -11.8. The maximum atomic E-state index is 13.5. The number of unbranched alkanes of at least 4 members (excludes halogenated alkanes) is 4. The highest BCUT2D eigenvalue weighted by atomic mass is 16.5. The van der Waals surface area contributed by atoms with Gasteiger partial charge in [-0.15, -0.1) is 0 Å². The summed E-state index contributed by atoms with van der Waals surface area (Å²) in [5.41, 5.74) is 5.03. The summed E-state index contributed by atoms with van der Waals surface area (Å²) >= 11 is 0. The second-order valence-electron chi connectivity index (χ2n) is 28.9. The minimum Gasteiger partial charge on any atom is -0.462 e. The summed E-state index contributed by atoms with van der Waals surface area (Å²) in [5, 5.41) is 2.26. The van der Waals surface area contributed by atoms with E-state index in [0.717, 1.165) is 103 Å². The molecule has 4 unspecified atom stereocenters. The molecule has 13 rings (SSSR count). The number of rotatable bonds is 36. The van der Waals surface area contributed by atoms with Gasteiger partial charge < -0.3 is 47.9 Å². The second kappa shape index (κ2) is 37.3. The van der Waals surface area contributed by atoms with Crippen molar-refractivity contribution in [2.75, 3.05) is 26.4 Å². The number of aromatic nitrogens is 8. The van der Waals surface area contributed by atoms with Crippen LogP contribution in [0.1, 0.15) is 200 Å². The Morgan fingerprint density at radius 1 is 0.304 bits per heavy atom. The fourth-order valence-corrected chi connectivity index (χ4v) is 14.0. The van der Waals surface area contributed by atoms with E-state index in [9.17, 15) is 19.2 Å². The normalized spacial score (nSPS) is 12.6. The van der Waals surface area contributed by atoms with Crippen LogP contribution in [0.15, 0.2) is 170 Å². The first-order valence-electron chi connectivity index (χ1n) is 39.9. The quantitative estimate of drug-likeness (QED) is 0.0273. The molecule has 4 atom stereocenters. The van der Waals surface area contributed by atoms with Gasteiger partial charge in [0.15, 0.2) is 23.3 Å². The van der Waals surface area contributed by atoms with Gasteiger partial charge in [0.2, 0.25) is 0 Å². The lowest BCUT2D eigenvalue weighted by molar-refractivity contribution is 0.0419. The molecule has 2 aliphatic heterocycles. The average molecular weight is 1510 g/mol. The van der Waals surface area contributed by atoms with Crippen LogP contribution in [0.4, 0.5) is 0 Å². The van der Waals surface area contributed by atoms with E-state index < -0.39 is 23.9 Å². The van der Waals surface area contributed by atoms with Crippen LogP contribution in [0, 0.1) is 23.7 Å². The molecule has 0 radical (unpaired) electrons. The van der Waals surface area contributed by atoms with Crippen LogP contribution < -0.4 is 18.9 Å². The van der Waals surface area contributed by atoms with Crippen molar-refractivity contribution in [3.63, 3.8) is 0 Å². The SMILES string of the molecule is CCCCC(CC)COC(=O)c1ccc(Oc2cccc3c2-c2nc-3nc3[nH]c(nc4nc(nc5[nH]c(n2)c2cccc(Oc6ccc(C(=O)OCC(CC)CCCC)cc6)c52)-c2cccc(Oc5ccc(C(=O)OCC(CC)CCCC)cc5)c2-4)c2cccc(Oc4ccc(C(=O)OCC(CC)CCCC)cc4)c32)cc1. The monoisotopic (exact) mass is 1510 g/mol. The van der Waals surface area contributed by atoms with Crippen molar-refractivity contribution in [2.45, 2.75) is 158 Å². The van der Waals surface area contributed by atoms with Crippen molar-refractivity contribution in [3.8, 4) is 91.5 Å². The van der Waals surface area contributed by atoms with Gasteiger partial charge in [-0.2, -0.15) is 0 Å². The molecule has 3 aromatic heterocycles. The number of benzene rings is 8. The fourth-order valence-electron chi connectivity index (χ4n) is 14.0. The number of fused-ring (bicyclic) bond motifs is 20. The standard InChI is InChI=1S/C92H98N8O12/c1-9-17-25-57(13-5)53-105-89(101)61-37-45-65(46-38-61)109-73-33-21-29-69-77(73)85-93-81(69)98-86-79-71(31-23-35-75(79)111-67-49-41-63(42-50-67)91(103)107-55-59(15-7)27-19-11-3)83(95-86)100-88-80-72(32-24-36-76(80)112-68-51-43-64(44-52-68)92(104)108-56-60(16-8)28-20-12-4)84(96-88)99-87-78-70(82(94-87)97-85)30-22-34-74(78)110-66-47-39-62(40-48-66)90(102)106-54-58(14-6)26-18-10-2/h21-24,29-52,57-60H,9-20,25-28,53-56H2,1-8H3,(H2,93,94,95,96,97,98,99,100). The molecule has 8 aromatic carbocycles. The van der Waals surface area contributed by atoms with Crippen LogP contribution >= 0.6 is 0 Å². The number of nitrogens with one attached hydrogen (secondary N) is 2. The zero-order valence-corrected chi connectivity index (χ0v) is 65.2. The van der Waals surface area contributed by atoms with E-state index in [1.54, 1.807) is 97.1 Å². The van der Waals surface area contributed by atoms with Gasteiger partial charge in [-0.3, -0.25) is 0 Å². The Bertz CT molecular complexity index is 4980. The maximum absolute atomic E-state index is 13.5. The summed E-state index contributed by atoms with van der Waals surface area (Å²) in [7, 11) is 0. The van der Waals surface area contributed by atoms with E-state index in [4.69, 9.17) is 67.8 Å². The number of hydrogen-bond donors (Lipinski definition) is 2. The fraction of sp³-hybridized carbons (Fsp3) is 0.348. The van der Waals surface area contributed by atoms with Gasteiger partial charge in [0.05, 0.1) is 70.6 Å². The minimum atomic E-state index is -0.411. The number of H-pyrrole nitrogens is 2. The molecule has 5 heterocycles. The van der Waals surface area contributed by atoms with Crippen LogP contribution in [0.25, 0.3) is 89.7 Å². The number of nitrogens with zero attached hydrogens (tertiary/aromatic N) is 6. The Balaban J connectivity index is 0.964. The van der Waals surface area contributed by atoms with Crippen molar-refractivity contribution in [1.82, 2.24) is 39.9 Å². The molecular weight excluding hydrogens is 1410 g/mol. The summed E-state index contributed by atoms with van der Waals surface area (Å²) in [5.74, 6) is 3.76. The highest BCUT2D eigenvalue weighted by Crippen LogP contribution is 2.47. The van der Waals surface area contributed by atoms with Crippen molar-refractivity contribution < 1.29 is 57.1 Å². The number of esters is 4. The van der Waals surface area contributed by atoms with E-state index in [1.165, 1.54) is 0 Å². The van der Waals surface area contributed by atoms with Crippen molar-refractivity contribution in [3.05, 3.63) is 192 Å². The highest BCUT2D eigenvalue weighted by molar-refractivity contribution is 6.10. The van der Waals surface area contributed by atoms with E-state index >= 15 is 0 Å². The maximum Gasteiger partial charge on any atom is 0.338 e. The van der Waals surface area contributed by atoms with Gasteiger partial charge in [0.25, 0.3) is 0 Å². The van der Waals surface area contributed by atoms with Crippen LogP contribution in [0.5, 0.6) is 46.0 Å². The van der Waals surface area contributed by atoms with Gasteiger partial charge in [0, 0.05) is 21.9 Å². The van der Waals surface area contributed by atoms with Gasteiger partial charge in [-0.1, -0.05) is 181 Å². The predicted molar refractivity (Wildman–Crippen MR) is 436 cm³/mol. The summed E-state index contributed by atoms with van der Waals surface area (Å²) in [6.07, 6.45) is 16.2. The van der Waals surface area contributed by atoms with Crippen molar-refractivity contribution in [1.29, 1.82) is 0 Å². The molecule has 0 spiro atoms. The zero-order chi connectivity index (χ0) is 78.0. The lowest BCUT2D eigenvalue weighted by Gasteiger charge is -2.15. The van der Waals surface area contributed by atoms with Gasteiger partial charge in [-0.05, 0) is 171 Å². The number of carbonyl (C=O) groups is 4. The summed E-state index contributed by atoms with van der Waals surface area (Å²) < 4.78 is 50.7. The number of aromatic amines is 2. The molecule has 8 bridgehead atoms. The molecule has 0 fully saturated rings. The summed E-state index contributed by atoms with van der Waals surface area (Å²) in [6, 6.07) is 49.8. The molecule has 0 saturated carbocycles. The number of hydrogen-bond acceptors (Lipinski definition) is 18. The Morgan fingerprint density at radius 2 is 0.571 bits per heavy atom. The third-order valence-corrected chi connectivity index (χ3v) is 21.0. The third-order valence-electron chi connectivity index (χ3n) is 21.0. The Labute approximate surface area is 653 Å². The highest BCUT2D eigenvalue weighted by Gasteiger charge is 2.30. The first kappa shape index (κ1) is 78.3. The lowest BCUT2D eigenvalue weighted by atomic mass is 10.0. The van der Waals surface area contributed by atoms with E-state index in [1.807, 2.05) is 72.8 Å². The molecule has 112 heavy (non-hydrogen) atoms. The largest absolute Gasteiger partial charge is 0.462 e. The first-order chi connectivity index (χ1) is 54.8. The first-order valence-corrected chi connectivity index (χ1v) is 39.9. The molecule has 0 saturated heterocycles. The average Bonchev–Trinajstić information content (AvgIpc) is 1.59. The van der Waals surface area contributed by atoms with Crippen LogP contribution in [0.3, 0.4) is 0 Å². The topological polar surface area (TPSA) is 251 Å². The lowest BCUT2D eigenvalue weighted by Crippen LogP contribution is -2.14.